The van der Waals surface area contributed by atoms with Gasteiger partial charge in [-0.25, -0.2) is 0 Å². The average molecular weight is 344 g/mol. The summed E-state index contributed by atoms with van der Waals surface area (Å²) in [6.07, 6.45) is 0.273. The molecule has 0 spiro atoms. The molecule has 1 aromatic carbocycles. The zero-order chi connectivity index (χ0) is 15.2. The Kier molecular flexibility index (Phi) is 6.06. The highest BCUT2D eigenvalue weighted by atomic mass is 35.5. The number of hydrogen-bond acceptors (Lipinski definition) is 4. The highest BCUT2D eigenvalue weighted by Gasteiger charge is 2.17. The predicted molar refractivity (Wildman–Crippen MR) is 87.0 cm³/mol. The molecule has 6 heteroatoms. The van der Waals surface area contributed by atoms with Gasteiger partial charge in [-0.1, -0.05) is 29.3 Å². The van der Waals surface area contributed by atoms with E-state index in [9.17, 15) is 4.79 Å². The summed E-state index contributed by atoms with van der Waals surface area (Å²) in [5.74, 6) is -0.252. The molecule has 0 saturated heterocycles. The van der Waals surface area contributed by atoms with Crippen LogP contribution in [-0.4, -0.2) is 13.1 Å². The zero-order valence-electron chi connectivity index (χ0n) is 11.4. The van der Waals surface area contributed by atoms with Gasteiger partial charge in [0.2, 0.25) is 0 Å². The van der Waals surface area contributed by atoms with E-state index in [2.05, 4.69) is 5.32 Å². The van der Waals surface area contributed by atoms with Crippen LogP contribution in [0.5, 0.6) is 0 Å². The molecule has 1 atom stereocenters. The summed E-state index contributed by atoms with van der Waals surface area (Å²) in [5, 5.41) is 6.60. The minimum atomic E-state index is -0.252. The third-order valence-electron chi connectivity index (χ3n) is 3.03. The van der Waals surface area contributed by atoms with Crippen molar-refractivity contribution in [1.29, 1.82) is 0 Å². The number of rotatable bonds is 6. The number of esters is 1. The summed E-state index contributed by atoms with van der Waals surface area (Å²) in [7, 11) is 1.39. The maximum Gasteiger partial charge on any atom is 0.307 e. The summed E-state index contributed by atoms with van der Waals surface area (Å²) in [5.41, 5.74) is 0.899. The fourth-order valence-electron chi connectivity index (χ4n) is 1.92. The Morgan fingerprint density at radius 1 is 1.38 bits per heavy atom. The molecule has 21 heavy (non-hydrogen) atoms. The predicted octanol–water partition coefficient (Wildman–Crippen LogP) is 4.45. The summed E-state index contributed by atoms with van der Waals surface area (Å²) < 4.78 is 4.75. The van der Waals surface area contributed by atoms with Crippen molar-refractivity contribution in [3.8, 4) is 0 Å². The van der Waals surface area contributed by atoms with Crippen LogP contribution in [0.15, 0.2) is 35.7 Å². The number of carbonyl (C=O) groups excluding carboxylic acids is 1. The van der Waals surface area contributed by atoms with Gasteiger partial charge in [-0.3, -0.25) is 4.79 Å². The van der Waals surface area contributed by atoms with E-state index in [0.717, 1.165) is 10.4 Å². The molecule has 1 N–H and O–H groups in total. The van der Waals surface area contributed by atoms with Crippen LogP contribution in [0, 0.1) is 0 Å². The number of halogens is 2. The highest BCUT2D eigenvalue weighted by Crippen LogP contribution is 2.25. The van der Waals surface area contributed by atoms with Crippen LogP contribution < -0.4 is 5.32 Å². The van der Waals surface area contributed by atoms with Gasteiger partial charge in [0.15, 0.2) is 0 Å². The first-order valence-electron chi connectivity index (χ1n) is 6.37. The van der Waals surface area contributed by atoms with E-state index in [1.807, 2.05) is 23.6 Å². The first-order chi connectivity index (χ1) is 10.1. The van der Waals surface area contributed by atoms with Crippen molar-refractivity contribution in [2.24, 2.45) is 0 Å². The van der Waals surface area contributed by atoms with Crippen molar-refractivity contribution >= 4 is 40.5 Å². The second-order valence-corrected chi connectivity index (χ2v) is 6.29. The first kappa shape index (κ1) is 16.3. The smallest absolute Gasteiger partial charge is 0.307 e. The monoisotopic (exact) mass is 343 g/mol. The van der Waals surface area contributed by atoms with Crippen LogP contribution in [0.25, 0.3) is 0 Å². The van der Waals surface area contributed by atoms with Crippen molar-refractivity contribution in [3.63, 3.8) is 0 Å². The number of methoxy groups -OCH3 is 1. The van der Waals surface area contributed by atoms with Gasteiger partial charge in [0.25, 0.3) is 0 Å². The van der Waals surface area contributed by atoms with Crippen LogP contribution in [-0.2, 0) is 16.1 Å². The fourth-order valence-corrected chi connectivity index (χ4v) is 3.11. The lowest BCUT2D eigenvalue weighted by Crippen LogP contribution is -2.23. The van der Waals surface area contributed by atoms with Crippen LogP contribution >= 0.6 is 34.5 Å². The van der Waals surface area contributed by atoms with E-state index in [0.29, 0.717) is 16.6 Å². The minimum absolute atomic E-state index is 0.104. The summed E-state index contributed by atoms with van der Waals surface area (Å²) in [4.78, 5) is 12.6. The van der Waals surface area contributed by atoms with Gasteiger partial charge in [0.05, 0.1) is 19.6 Å². The SMILES string of the molecule is COC(=O)CC(NCc1cc(Cl)ccc1Cl)c1cccs1. The summed E-state index contributed by atoms with van der Waals surface area (Å²) in [6, 6.07) is 9.18. The molecule has 2 aromatic rings. The zero-order valence-corrected chi connectivity index (χ0v) is 13.8. The van der Waals surface area contributed by atoms with Crippen LogP contribution in [0.1, 0.15) is 22.9 Å². The molecule has 0 amide bonds. The Hall–Kier alpha value is -1.07. The second-order valence-electron chi connectivity index (χ2n) is 4.46. The van der Waals surface area contributed by atoms with Crippen molar-refractivity contribution in [2.45, 2.75) is 19.0 Å². The molecule has 0 fully saturated rings. The Morgan fingerprint density at radius 3 is 2.86 bits per heavy atom. The molecular weight excluding hydrogens is 329 g/mol. The molecule has 0 saturated carbocycles. The van der Waals surface area contributed by atoms with Gasteiger partial charge in [-0.2, -0.15) is 0 Å². The molecule has 0 aliphatic heterocycles. The lowest BCUT2D eigenvalue weighted by Gasteiger charge is -2.17. The molecule has 0 radical (unpaired) electrons. The molecular formula is C15H15Cl2NO2S. The van der Waals surface area contributed by atoms with E-state index in [1.54, 1.807) is 23.5 Å². The van der Waals surface area contributed by atoms with E-state index in [-0.39, 0.29) is 18.4 Å². The molecule has 0 aliphatic carbocycles. The lowest BCUT2D eigenvalue weighted by molar-refractivity contribution is -0.141. The standard InChI is InChI=1S/C15H15Cl2NO2S/c1-20-15(19)8-13(14-3-2-6-21-14)18-9-10-7-11(16)4-5-12(10)17/h2-7,13,18H,8-9H2,1H3. The first-order valence-corrected chi connectivity index (χ1v) is 8.01. The average Bonchev–Trinajstić information content (AvgIpc) is 3.00. The van der Waals surface area contributed by atoms with Crippen molar-refractivity contribution in [2.75, 3.05) is 7.11 Å². The normalized spacial score (nSPS) is 12.1. The summed E-state index contributed by atoms with van der Waals surface area (Å²) >= 11 is 13.7. The fraction of sp³-hybridized carbons (Fsp3) is 0.267. The molecule has 1 aromatic heterocycles. The van der Waals surface area contributed by atoms with Crippen LogP contribution in [0.3, 0.4) is 0 Å². The Morgan fingerprint density at radius 2 is 2.19 bits per heavy atom. The Bertz CT molecular complexity index is 602. The topological polar surface area (TPSA) is 38.3 Å². The van der Waals surface area contributed by atoms with Crippen molar-refractivity contribution in [1.82, 2.24) is 5.32 Å². The van der Waals surface area contributed by atoms with E-state index in [4.69, 9.17) is 27.9 Å². The van der Waals surface area contributed by atoms with Crippen molar-refractivity contribution in [3.05, 3.63) is 56.2 Å². The second kappa shape index (κ2) is 7.80. The van der Waals surface area contributed by atoms with Crippen LogP contribution in [0.4, 0.5) is 0 Å². The van der Waals surface area contributed by atoms with Crippen LogP contribution in [0.2, 0.25) is 10.0 Å². The largest absolute Gasteiger partial charge is 0.469 e. The lowest BCUT2D eigenvalue weighted by atomic mass is 10.1. The molecule has 112 valence electrons. The molecule has 0 bridgehead atoms. The number of ether oxygens (including phenoxy) is 1. The van der Waals surface area contributed by atoms with Gasteiger partial charge >= 0.3 is 5.97 Å². The molecule has 1 heterocycles. The van der Waals surface area contributed by atoms with E-state index in [1.165, 1.54) is 7.11 Å². The van der Waals surface area contributed by atoms with E-state index < -0.39 is 0 Å². The van der Waals surface area contributed by atoms with E-state index >= 15 is 0 Å². The van der Waals surface area contributed by atoms with Gasteiger partial charge < -0.3 is 10.1 Å². The number of nitrogens with one attached hydrogen (secondary N) is 1. The van der Waals surface area contributed by atoms with Gasteiger partial charge in [-0.05, 0) is 35.2 Å². The van der Waals surface area contributed by atoms with Gasteiger partial charge in [-0.15, -0.1) is 11.3 Å². The number of thiophene rings is 1. The molecule has 0 aliphatic rings. The molecule has 2 rings (SSSR count). The number of benzene rings is 1. The number of hydrogen-bond donors (Lipinski definition) is 1. The van der Waals surface area contributed by atoms with Gasteiger partial charge in [0, 0.05) is 21.5 Å². The highest BCUT2D eigenvalue weighted by molar-refractivity contribution is 7.10. The third kappa shape index (κ3) is 4.71. The van der Waals surface area contributed by atoms with Gasteiger partial charge in [0.1, 0.15) is 0 Å². The van der Waals surface area contributed by atoms with Crippen molar-refractivity contribution < 1.29 is 9.53 Å². The summed E-state index contributed by atoms with van der Waals surface area (Å²) in [6.45, 7) is 0.527. The maximum absolute atomic E-state index is 11.5. The molecule has 1 unspecified atom stereocenters. The third-order valence-corrected chi connectivity index (χ3v) is 4.62. The Balaban J connectivity index is 2.08. The Labute approximate surface area is 137 Å². The quantitative estimate of drug-likeness (QED) is 0.787. The molecule has 3 nitrogen and oxygen atoms in total. The maximum atomic E-state index is 11.5. The minimum Gasteiger partial charge on any atom is -0.469 e. The number of carbonyl (C=O) groups is 1.